The molecule has 0 saturated carbocycles. The largest absolute Gasteiger partial charge is 0.247 e. The van der Waals surface area contributed by atoms with E-state index in [9.17, 15) is 0 Å². The molecule has 0 unspecified atom stereocenters. The van der Waals surface area contributed by atoms with Gasteiger partial charge < -0.3 is 0 Å². The van der Waals surface area contributed by atoms with Gasteiger partial charge in [0, 0.05) is 55.6 Å². The van der Waals surface area contributed by atoms with Gasteiger partial charge in [-0.2, -0.15) is 0 Å². The van der Waals surface area contributed by atoms with E-state index in [0.717, 1.165) is 100.0 Å². The van der Waals surface area contributed by atoms with Crippen LogP contribution in [-0.2, 0) is 0 Å². The van der Waals surface area contributed by atoms with Crippen molar-refractivity contribution in [3.63, 3.8) is 0 Å². The smallest absolute Gasteiger partial charge is 0.164 e. The van der Waals surface area contributed by atoms with E-state index in [0.29, 0.717) is 34.9 Å². The molecule has 8 nitrogen and oxygen atoms in total. The van der Waals surface area contributed by atoms with Gasteiger partial charge in [0.2, 0.25) is 0 Å². The van der Waals surface area contributed by atoms with Gasteiger partial charge in [0.05, 0.1) is 22.8 Å². The lowest BCUT2D eigenvalue weighted by Gasteiger charge is -2.20. The van der Waals surface area contributed by atoms with Gasteiger partial charge in [-0.05, 0) is 45.8 Å². The molecule has 0 N–H and O–H groups in total. The molecule has 1 aliphatic rings. The van der Waals surface area contributed by atoms with E-state index in [-0.39, 0.29) is 0 Å². The summed E-state index contributed by atoms with van der Waals surface area (Å²) in [5.74, 6) is 3.62. The zero-order chi connectivity index (χ0) is 47.8. The predicted molar refractivity (Wildman–Crippen MR) is 291 cm³/mol. The number of aromatic nitrogens is 6. The normalized spacial score (nSPS) is 12.1. The van der Waals surface area contributed by atoms with Crippen molar-refractivity contribution in [1.82, 2.24) is 29.9 Å². The van der Waals surface area contributed by atoms with Crippen LogP contribution in [0.4, 0.5) is 11.4 Å². The number of hydrogen-bond acceptors (Lipinski definition) is 8. The monoisotopic (exact) mass is 920 g/mol. The topological polar surface area (TPSA) is 102 Å². The lowest BCUT2D eigenvalue weighted by molar-refractivity contribution is 1.07. The van der Waals surface area contributed by atoms with E-state index in [2.05, 4.69) is 121 Å². The molecule has 0 fully saturated rings. The maximum Gasteiger partial charge on any atom is 0.164 e. The third-order valence-corrected chi connectivity index (χ3v) is 12.9. The fourth-order valence-corrected chi connectivity index (χ4v) is 9.25. The zero-order valence-corrected chi connectivity index (χ0v) is 38.7. The van der Waals surface area contributed by atoms with Gasteiger partial charge in [-0.1, -0.05) is 218 Å². The first-order valence-electron chi connectivity index (χ1n) is 23.8. The fraction of sp³-hybridized carbons (Fsp3) is 0. The minimum atomic E-state index is 0.584. The molecule has 1 aliphatic heterocycles. The van der Waals surface area contributed by atoms with Crippen molar-refractivity contribution in [2.75, 3.05) is 0 Å². The Kier molecular flexibility index (Phi) is 10.7. The van der Waals surface area contributed by atoms with E-state index in [1.165, 1.54) is 0 Å². The first kappa shape index (κ1) is 42.2. The average Bonchev–Trinajstić information content (AvgIpc) is 3.46. The summed E-state index contributed by atoms with van der Waals surface area (Å²) in [7, 11) is 0. The lowest BCUT2D eigenvalue weighted by atomic mass is 9.92. The Morgan fingerprint density at radius 3 is 0.694 bits per heavy atom. The van der Waals surface area contributed by atoms with Gasteiger partial charge in [-0.3, -0.25) is 0 Å². The average molecular weight is 921 g/mol. The molecular weight excluding hydrogens is 881 g/mol. The molecule has 0 atom stereocenters. The summed E-state index contributed by atoms with van der Waals surface area (Å²) in [4.78, 5) is 41.2. The molecule has 3 heterocycles. The van der Waals surface area contributed by atoms with Gasteiger partial charge >= 0.3 is 0 Å². The first-order valence-corrected chi connectivity index (χ1v) is 23.8. The van der Waals surface area contributed by atoms with E-state index in [1.807, 2.05) is 121 Å². The Labute approximate surface area is 415 Å². The molecule has 0 spiro atoms. The highest BCUT2D eigenvalue weighted by atomic mass is 15.0. The molecule has 0 radical (unpaired) electrons. The van der Waals surface area contributed by atoms with Crippen molar-refractivity contribution in [1.29, 1.82) is 0 Å². The molecule has 0 bridgehead atoms. The third-order valence-electron chi connectivity index (χ3n) is 12.9. The zero-order valence-electron chi connectivity index (χ0n) is 38.7. The van der Waals surface area contributed by atoms with Crippen molar-refractivity contribution >= 4 is 44.3 Å². The minimum Gasteiger partial charge on any atom is -0.247 e. The molecule has 10 aromatic carbocycles. The van der Waals surface area contributed by atoms with Crippen LogP contribution in [0.3, 0.4) is 0 Å². The standard InChI is InChI=1S/C64H40N8/c1-5-17-43(18-6-1)59-67-60(44-19-7-2-8-20-44)70-63(69-59)47-33-29-41(30-34-47)57-53-37-49-25-13-15-27-51(49)39-55(53)66-58(54-38-50-26-14-16-28-52(50)40-56(54)65-57)42-31-35-48(36-32-42)64-71-61(45-21-9-3-10-22-45)68-62(72-64)46-23-11-4-12-24-46/h1-40H. The van der Waals surface area contributed by atoms with E-state index < -0.39 is 0 Å². The Hall–Kier alpha value is -9.92. The van der Waals surface area contributed by atoms with Crippen molar-refractivity contribution in [3.05, 3.63) is 265 Å². The number of rotatable bonds is 8. The van der Waals surface area contributed by atoms with Crippen LogP contribution in [-0.4, -0.2) is 41.3 Å². The van der Waals surface area contributed by atoms with Crippen LogP contribution < -0.4 is 0 Å². The van der Waals surface area contributed by atoms with E-state index in [4.69, 9.17) is 39.9 Å². The number of benzene rings is 10. The van der Waals surface area contributed by atoms with Crippen molar-refractivity contribution in [2.24, 2.45) is 9.98 Å². The third kappa shape index (κ3) is 8.18. The number of fused-ring (bicyclic) bond motifs is 4. The molecule has 0 aliphatic carbocycles. The summed E-state index contributed by atoms with van der Waals surface area (Å²) >= 11 is 0. The maximum atomic E-state index is 5.66. The van der Waals surface area contributed by atoms with Crippen molar-refractivity contribution < 1.29 is 0 Å². The SMILES string of the molecule is c1ccc(-c2nc(-c3ccccc3)nc(-c3ccc(C4=Nc5cc6ccccc6cc5C(c5ccc(-c6nc(-c7ccccc7)nc(-c7ccccc7)n6)cc5)=Nc5cc6ccccc6cc54)cc3)n2)cc1. The fourth-order valence-electron chi connectivity index (χ4n) is 9.25. The Morgan fingerprint density at radius 1 is 0.194 bits per heavy atom. The molecule has 12 aromatic rings. The Bertz CT molecular complexity index is 3660. The quantitative estimate of drug-likeness (QED) is 0.150. The van der Waals surface area contributed by atoms with Crippen LogP contribution in [0.2, 0.25) is 0 Å². The van der Waals surface area contributed by atoms with Gasteiger partial charge in [0.25, 0.3) is 0 Å². The van der Waals surface area contributed by atoms with Crippen LogP contribution in [0, 0.1) is 0 Å². The second-order valence-electron chi connectivity index (χ2n) is 17.6. The maximum absolute atomic E-state index is 5.66. The van der Waals surface area contributed by atoms with Crippen molar-refractivity contribution in [2.45, 2.75) is 0 Å². The van der Waals surface area contributed by atoms with E-state index in [1.54, 1.807) is 0 Å². The molecule has 72 heavy (non-hydrogen) atoms. The van der Waals surface area contributed by atoms with Crippen LogP contribution in [0.5, 0.6) is 0 Å². The van der Waals surface area contributed by atoms with Gasteiger partial charge in [0.1, 0.15) is 0 Å². The van der Waals surface area contributed by atoms with E-state index >= 15 is 0 Å². The molecule has 0 saturated heterocycles. The highest BCUT2D eigenvalue weighted by Gasteiger charge is 2.23. The van der Waals surface area contributed by atoms with Crippen LogP contribution in [0.15, 0.2) is 253 Å². The minimum absolute atomic E-state index is 0.584. The predicted octanol–water partition coefficient (Wildman–Crippen LogP) is 15.0. The van der Waals surface area contributed by atoms with Gasteiger partial charge in [0.15, 0.2) is 34.9 Å². The number of aliphatic imine (C=N–C) groups is 2. The van der Waals surface area contributed by atoms with Gasteiger partial charge in [-0.25, -0.2) is 39.9 Å². The molecule has 8 heteroatoms. The second kappa shape index (κ2) is 18.2. The summed E-state index contributed by atoms with van der Waals surface area (Å²) in [5.41, 5.74) is 12.3. The summed E-state index contributed by atoms with van der Waals surface area (Å²) in [6, 6.07) is 82.5. The van der Waals surface area contributed by atoms with Gasteiger partial charge in [-0.15, -0.1) is 0 Å². The summed E-state index contributed by atoms with van der Waals surface area (Å²) in [6.07, 6.45) is 0. The molecule has 336 valence electrons. The molecule has 13 rings (SSSR count). The highest BCUT2D eigenvalue weighted by Crippen LogP contribution is 2.38. The van der Waals surface area contributed by atoms with Crippen molar-refractivity contribution in [3.8, 4) is 68.3 Å². The second-order valence-corrected chi connectivity index (χ2v) is 17.6. The number of hydrogen-bond donors (Lipinski definition) is 0. The molecule has 2 aromatic heterocycles. The van der Waals surface area contributed by atoms with Crippen LogP contribution in [0.1, 0.15) is 22.3 Å². The van der Waals surface area contributed by atoms with Crippen LogP contribution >= 0.6 is 0 Å². The Balaban J connectivity index is 0.948. The summed E-state index contributed by atoms with van der Waals surface area (Å²) in [5, 5.41) is 4.35. The Morgan fingerprint density at radius 2 is 0.417 bits per heavy atom. The molecular formula is C64H40N8. The van der Waals surface area contributed by atoms with Crippen LogP contribution in [0.25, 0.3) is 89.9 Å². The number of nitrogens with zero attached hydrogens (tertiary/aromatic N) is 8. The highest BCUT2D eigenvalue weighted by molar-refractivity contribution is 6.24. The molecule has 0 amide bonds. The lowest BCUT2D eigenvalue weighted by Crippen LogP contribution is -2.11. The summed E-state index contributed by atoms with van der Waals surface area (Å²) < 4.78 is 0. The summed E-state index contributed by atoms with van der Waals surface area (Å²) in [6.45, 7) is 0. The first-order chi connectivity index (χ1) is 35.6.